The third kappa shape index (κ3) is 2.43. The zero-order chi connectivity index (χ0) is 14.4. The van der Waals surface area contributed by atoms with Crippen LogP contribution in [0.4, 0.5) is 0 Å². The van der Waals surface area contributed by atoms with E-state index >= 15 is 0 Å². The first-order valence-corrected chi connectivity index (χ1v) is 7.71. The molecule has 0 unspecified atom stereocenters. The van der Waals surface area contributed by atoms with E-state index < -0.39 is 5.97 Å². The van der Waals surface area contributed by atoms with Gasteiger partial charge in [0.2, 0.25) is 5.91 Å². The van der Waals surface area contributed by atoms with Crippen LogP contribution >= 0.6 is 27.3 Å². The summed E-state index contributed by atoms with van der Waals surface area (Å²) in [5, 5.41) is 9.07. The number of carboxylic acid groups (broad SMARTS) is 1. The second-order valence-electron chi connectivity index (χ2n) is 5.35. The van der Waals surface area contributed by atoms with Gasteiger partial charge in [-0.05, 0) is 22.4 Å². The summed E-state index contributed by atoms with van der Waals surface area (Å²) in [4.78, 5) is 26.6. The molecule has 0 spiro atoms. The number of nitrogens with zero attached hydrogens (tertiary/aromatic N) is 1. The summed E-state index contributed by atoms with van der Waals surface area (Å²) in [6.07, 6.45) is 0.789. The van der Waals surface area contributed by atoms with E-state index in [1.54, 1.807) is 4.90 Å². The molecule has 104 valence electrons. The fourth-order valence-corrected chi connectivity index (χ4v) is 4.02. The van der Waals surface area contributed by atoms with Crippen LogP contribution in [-0.4, -0.2) is 21.9 Å². The van der Waals surface area contributed by atoms with Gasteiger partial charge < -0.3 is 10.0 Å². The van der Waals surface area contributed by atoms with Crippen LogP contribution in [0, 0.1) is 5.41 Å². The fraction of sp³-hybridized carbons (Fsp3) is 0.538. The van der Waals surface area contributed by atoms with Gasteiger partial charge in [0.15, 0.2) is 0 Å². The molecule has 1 N–H and O–H groups in total. The SMILES string of the molecule is CCC(C)(C)C(=O)N1Cc2sc(C(=O)O)c(Br)c2C1. The van der Waals surface area contributed by atoms with Gasteiger partial charge in [0.05, 0.1) is 6.54 Å². The van der Waals surface area contributed by atoms with E-state index in [0.717, 1.165) is 16.9 Å². The van der Waals surface area contributed by atoms with Gasteiger partial charge in [-0.25, -0.2) is 4.79 Å². The molecule has 1 aromatic heterocycles. The lowest BCUT2D eigenvalue weighted by Crippen LogP contribution is -2.37. The molecule has 6 heteroatoms. The molecule has 1 aromatic rings. The standard InChI is InChI=1S/C13H16BrNO3S/c1-4-13(2,3)12(18)15-5-7-8(6-15)19-10(9(7)14)11(16)17/h4-6H2,1-3H3,(H,16,17). The molecule has 1 amide bonds. The number of hydrogen-bond acceptors (Lipinski definition) is 3. The summed E-state index contributed by atoms with van der Waals surface area (Å²) in [7, 11) is 0. The zero-order valence-electron chi connectivity index (χ0n) is 11.1. The normalized spacial score (nSPS) is 14.6. The lowest BCUT2D eigenvalue weighted by Gasteiger charge is -2.28. The number of rotatable bonds is 3. The zero-order valence-corrected chi connectivity index (χ0v) is 13.5. The van der Waals surface area contributed by atoms with Crippen molar-refractivity contribution in [3.8, 4) is 0 Å². The van der Waals surface area contributed by atoms with Crippen molar-refractivity contribution in [2.75, 3.05) is 0 Å². The molecule has 2 heterocycles. The first-order valence-electron chi connectivity index (χ1n) is 6.10. The molecule has 0 aliphatic carbocycles. The number of aromatic carboxylic acids is 1. The minimum absolute atomic E-state index is 0.127. The van der Waals surface area contributed by atoms with Gasteiger partial charge in [-0.15, -0.1) is 11.3 Å². The third-order valence-electron chi connectivity index (χ3n) is 3.65. The first-order chi connectivity index (χ1) is 8.77. The van der Waals surface area contributed by atoms with E-state index in [-0.39, 0.29) is 11.3 Å². The van der Waals surface area contributed by atoms with Crippen LogP contribution < -0.4 is 0 Å². The number of hydrogen-bond donors (Lipinski definition) is 1. The maximum atomic E-state index is 12.4. The molecule has 0 atom stereocenters. The van der Waals surface area contributed by atoms with E-state index in [1.807, 2.05) is 20.8 Å². The number of carboxylic acids is 1. The van der Waals surface area contributed by atoms with E-state index in [2.05, 4.69) is 15.9 Å². The van der Waals surface area contributed by atoms with E-state index in [0.29, 0.717) is 22.4 Å². The smallest absolute Gasteiger partial charge is 0.347 e. The van der Waals surface area contributed by atoms with Crippen molar-refractivity contribution in [3.63, 3.8) is 0 Å². The van der Waals surface area contributed by atoms with Gasteiger partial charge in [-0.3, -0.25) is 4.79 Å². The monoisotopic (exact) mass is 345 g/mol. The van der Waals surface area contributed by atoms with E-state index in [4.69, 9.17) is 5.11 Å². The Morgan fingerprint density at radius 2 is 2.05 bits per heavy atom. The Morgan fingerprint density at radius 1 is 1.42 bits per heavy atom. The quantitative estimate of drug-likeness (QED) is 0.912. The molecule has 0 radical (unpaired) electrons. The minimum atomic E-state index is -0.918. The van der Waals surface area contributed by atoms with Gasteiger partial charge in [0, 0.05) is 26.9 Å². The second kappa shape index (κ2) is 4.90. The predicted molar refractivity (Wildman–Crippen MR) is 77.3 cm³/mol. The van der Waals surface area contributed by atoms with Crippen molar-refractivity contribution >= 4 is 39.1 Å². The van der Waals surface area contributed by atoms with Gasteiger partial charge in [-0.1, -0.05) is 20.8 Å². The molecule has 1 aliphatic heterocycles. The van der Waals surface area contributed by atoms with Gasteiger partial charge >= 0.3 is 5.97 Å². The average molecular weight is 346 g/mol. The van der Waals surface area contributed by atoms with E-state index in [9.17, 15) is 9.59 Å². The van der Waals surface area contributed by atoms with Crippen LogP contribution in [-0.2, 0) is 17.9 Å². The van der Waals surface area contributed by atoms with Gasteiger partial charge in [-0.2, -0.15) is 0 Å². The highest BCUT2D eigenvalue weighted by Crippen LogP contribution is 2.40. The summed E-state index contributed by atoms with van der Waals surface area (Å²) in [6.45, 7) is 6.91. The van der Waals surface area contributed by atoms with Crippen LogP contribution in [0.5, 0.6) is 0 Å². The summed E-state index contributed by atoms with van der Waals surface area (Å²) < 4.78 is 0.629. The van der Waals surface area contributed by atoms with Crippen molar-refractivity contribution in [3.05, 3.63) is 19.8 Å². The maximum Gasteiger partial charge on any atom is 0.347 e. The number of halogens is 1. The molecule has 0 bridgehead atoms. The topological polar surface area (TPSA) is 57.6 Å². The molecular weight excluding hydrogens is 330 g/mol. The number of amides is 1. The molecule has 0 aromatic carbocycles. The Kier molecular flexibility index (Phi) is 3.75. The van der Waals surface area contributed by atoms with Crippen molar-refractivity contribution in [1.29, 1.82) is 0 Å². The van der Waals surface area contributed by atoms with Crippen LogP contribution in [0.25, 0.3) is 0 Å². The predicted octanol–water partition coefficient (Wildman–Crippen LogP) is 3.49. The second-order valence-corrected chi connectivity index (χ2v) is 7.25. The van der Waals surface area contributed by atoms with Crippen molar-refractivity contribution in [2.45, 2.75) is 40.3 Å². The highest BCUT2D eigenvalue weighted by molar-refractivity contribution is 9.10. The molecule has 4 nitrogen and oxygen atoms in total. The van der Waals surface area contributed by atoms with E-state index in [1.165, 1.54) is 11.3 Å². The van der Waals surface area contributed by atoms with Crippen LogP contribution in [0.3, 0.4) is 0 Å². The number of carbonyl (C=O) groups is 2. The van der Waals surface area contributed by atoms with Crippen molar-refractivity contribution < 1.29 is 14.7 Å². The molecule has 0 fully saturated rings. The minimum Gasteiger partial charge on any atom is -0.477 e. The van der Waals surface area contributed by atoms with Gasteiger partial charge in [0.25, 0.3) is 0 Å². The third-order valence-corrected chi connectivity index (χ3v) is 6.00. The summed E-state index contributed by atoms with van der Waals surface area (Å²) >= 11 is 4.59. The fourth-order valence-electron chi connectivity index (χ4n) is 2.05. The summed E-state index contributed by atoms with van der Waals surface area (Å²) in [5.41, 5.74) is 0.582. The molecule has 1 aliphatic rings. The Hall–Kier alpha value is -0.880. The Bertz CT molecular complexity index is 550. The van der Waals surface area contributed by atoms with Crippen LogP contribution in [0.1, 0.15) is 47.3 Å². The lowest BCUT2D eigenvalue weighted by atomic mass is 9.88. The largest absolute Gasteiger partial charge is 0.477 e. The molecule has 19 heavy (non-hydrogen) atoms. The molecule has 0 saturated carbocycles. The van der Waals surface area contributed by atoms with Crippen LogP contribution in [0.15, 0.2) is 4.47 Å². The summed E-state index contributed by atoms with van der Waals surface area (Å²) in [6, 6.07) is 0. The van der Waals surface area contributed by atoms with Crippen molar-refractivity contribution in [1.82, 2.24) is 4.90 Å². The Balaban J connectivity index is 2.23. The molecule has 2 rings (SSSR count). The van der Waals surface area contributed by atoms with Crippen LogP contribution in [0.2, 0.25) is 0 Å². The van der Waals surface area contributed by atoms with Gasteiger partial charge in [0.1, 0.15) is 4.88 Å². The highest BCUT2D eigenvalue weighted by Gasteiger charge is 2.36. The number of carbonyl (C=O) groups excluding carboxylic acids is 1. The lowest BCUT2D eigenvalue weighted by molar-refractivity contribution is -0.141. The first kappa shape index (κ1) is 14.5. The average Bonchev–Trinajstić information content (AvgIpc) is 2.88. The Morgan fingerprint density at radius 3 is 2.53 bits per heavy atom. The van der Waals surface area contributed by atoms with Crippen molar-refractivity contribution in [2.24, 2.45) is 5.41 Å². The maximum absolute atomic E-state index is 12.4. The number of thiophene rings is 1. The molecular formula is C13H16BrNO3S. The Labute approximate surface area is 124 Å². The number of fused-ring (bicyclic) bond motifs is 1. The molecule has 0 saturated heterocycles. The highest BCUT2D eigenvalue weighted by atomic mass is 79.9. The summed E-state index contributed by atoms with van der Waals surface area (Å²) in [5.74, 6) is -0.791.